The highest BCUT2D eigenvalue weighted by Crippen LogP contribution is 2.23. The fraction of sp³-hybridized carbons (Fsp3) is 0.438. The van der Waals surface area contributed by atoms with E-state index in [0.717, 1.165) is 61.3 Å². The number of carbonyl (C=O) groups is 4. The summed E-state index contributed by atoms with van der Waals surface area (Å²) in [6.07, 6.45) is 5.34. The van der Waals surface area contributed by atoms with Crippen molar-refractivity contribution in [3.8, 4) is 0 Å². The van der Waals surface area contributed by atoms with Crippen LogP contribution in [0.5, 0.6) is 0 Å². The number of aliphatic imine (C=N–C) groups is 1. The van der Waals surface area contributed by atoms with Gasteiger partial charge in [-0.25, -0.2) is 4.99 Å². The van der Waals surface area contributed by atoms with Gasteiger partial charge in [-0.2, -0.15) is 0 Å². The van der Waals surface area contributed by atoms with E-state index in [1.165, 1.54) is 6.20 Å². The molecular formula is C32H37N7O5S. The second-order valence-electron chi connectivity index (χ2n) is 11.6. The van der Waals surface area contributed by atoms with Gasteiger partial charge in [0.2, 0.25) is 17.8 Å². The molecule has 3 aliphatic heterocycles. The zero-order valence-electron chi connectivity index (χ0n) is 25.3. The Morgan fingerprint density at radius 2 is 1.84 bits per heavy atom. The number of guanidine groups is 1. The third-order valence-corrected chi connectivity index (χ3v) is 9.21. The van der Waals surface area contributed by atoms with Gasteiger partial charge in [-0.1, -0.05) is 0 Å². The molecule has 4 amide bonds. The van der Waals surface area contributed by atoms with Crippen LogP contribution < -0.4 is 10.6 Å². The first-order valence-corrected chi connectivity index (χ1v) is 16.6. The highest BCUT2D eigenvalue weighted by Gasteiger charge is 2.31. The molecule has 3 aliphatic rings. The summed E-state index contributed by atoms with van der Waals surface area (Å²) >= 11 is 1.69. The Morgan fingerprint density at radius 1 is 1.02 bits per heavy atom. The molecular weight excluding hydrogens is 594 g/mol. The maximum Gasteiger partial charge on any atom is 0.273 e. The Morgan fingerprint density at radius 3 is 2.60 bits per heavy atom. The highest BCUT2D eigenvalue weighted by atomic mass is 32.2. The Hall–Kier alpha value is -4.39. The minimum absolute atomic E-state index is 0.0311. The summed E-state index contributed by atoms with van der Waals surface area (Å²) in [6.45, 7) is 4.52. The first kappa shape index (κ1) is 30.6. The van der Waals surface area contributed by atoms with E-state index >= 15 is 0 Å². The van der Waals surface area contributed by atoms with Crippen molar-refractivity contribution in [2.75, 3.05) is 49.7 Å². The van der Waals surface area contributed by atoms with Crippen LogP contribution in [0.3, 0.4) is 0 Å². The van der Waals surface area contributed by atoms with Crippen molar-refractivity contribution in [2.24, 2.45) is 4.99 Å². The average Bonchev–Trinajstić information content (AvgIpc) is 3.82. The topological polar surface area (TPSA) is 140 Å². The smallest absolute Gasteiger partial charge is 0.273 e. The molecule has 236 valence electrons. The number of aryl methyl sites for hydroxylation is 1. The molecule has 1 atom stereocenters. The van der Waals surface area contributed by atoms with Crippen molar-refractivity contribution in [1.29, 1.82) is 0 Å². The molecule has 0 aliphatic carbocycles. The zero-order chi connectivity index (χ0) is 31.3. The summed E-state index contributed by atoms with van der Waals surface area (Å²) < 4.78 is 5.69. The number of carbonyl (C=O) groups excluding carboxylic acids is 4. The maximum absolute atomic E-state index is 13.7. The van der Waals surface area contributed by atoms with E-state index in [2.05, 4.69) is 15.6 Å². The van der Waals surface area contributed by atoms with Crippen molar-refractivity contribution in [1.82, 2.24) is 25.0 Å². The number of hydrogen-bond donors (Lipinski definition) is 2. The second kappa shape index (κ2) is 13.7. The van der Waals surface area contributed by atoms with Gasteiger partial charge in [-0.15, -0.1) is 11.8 Å². The van der Waals surface area contributed by atoms with Gasteiger partial charge in [0.1, 0.15) is 23.1 Å². The lowest BCUT2D eigenvalue weighted by molar-refractivity contribution is -0.140. The quantitative estimate of drug-likeness (QED) is 0.311. The van der Waals surface area contributed by atoms with Crippen LogP contribution in [0, 0.1) is 6.92 Å². The summed E-state index contributed by atoms with van der Waals surface area (Å²) in [4.78, 5) is 66.8. The van der Waals surface area contributed by atoms with Gasteiger partial charge in [-0.05, 0) is 75.4 Å². The Labute approximate surface area is 265 Å². The summed E-state index contributed by atoms with van der Waals surface area (Å²) in [5.74, 6) is 1.45. The molecule has 5 heterocycles. The summed E-state index contributed by atoms with van der Waals surface area (Å²) in [6, 6.07) is 9.74. The highest BCUT2D eigenvalue weighted by molar-refractivity contribution is 7.99. The molecule has 0 radical (unpaired) electrons. The van der Waals surface area contributed by atoms with E-state index < -0.39 is 11.9 Å². The number of amides is 4. The lowest BCUT2D eigenvalue weighted by Gasteiger charge is -2.25. The summed E-state index contributed by atoms with van der Waals surface area (Å²) in [5.41, 5.74) is 1.89. The predicted octanol–water partition coefficient (Wildman–Crippen LogP) is 3.48. The van der Waals surface area contributed by atoms with Gasteiger partial charge in [0.05, 0.1) is 18.0 Å². The van der Waals surface area contributed by atoms with E-state index in [9.17, 15) is 19.2 Å². The zero-order valence-corrected chi connectivity index (χ0v) is 26.1. The number of fused-ring (bicyclic) bond motifs is 1. The van der Waals surface area contributed by atoms with Crippen molar-refractivity contribution < 1.29 is 23.6 Å². The molecule has 1 aromatic carbocycles. The molecule has 2 aromatic heterocycles. The van der Waals surface area contributed by atoms with E-state index in [-0.39, 0.29) is 41.5 Å². The number of aromatic nitrogens is 1. The predicted molar refractivity (Wildman–Crippen MR) is 172 cm³/mol. The third kappa shape index (κ3) is 7.30. The molecule has 2 N–H and O–H groups in total. The van der Waals surface area contributed by atoms with Crippen LogP contribution >= 0.6 is 11.8 Å². The molecule has 0 bridgehead atoms. The number of pyridine rings is 1. The number of rotatable bonds is 6. The van der Waals surface area contributed by atoms with Crippen molar-refractivity contribution in [3.05, 3.63) is 59.6 Å². The fourth-order valence-corrected chi connectivity index (χ4v) is 6.75. The van der Waals surface area contributed by atoms with Crippen LogP contribution in [0.1, 0.15) is 58.7 Å². The van der Waals surface area contributed by atoms with Crippen molar-refractivity contribution >= 4 is 58.0 Å². The molecule has 0 unspecified atom stereocenters. The Bertz CT molecular complexity index is 1610. The van der Waals surface area contributed by atoms with Crippen molar-refractivity contribution in [3.63, 3.8) is 0 Å². The third-order valence-electron chi connectivity index (χ3n) is 8.24. The normalized spacial score (nSPS) is 19.2. The number of likely N-dealkylation sites (tertiary alicyclic amines) is 2. The van der Waals surface area contributed by atoms with E-state index in [4.69, 9.17) is 9.41 Å². The standard InChI is InChI=1S/C32H37N7O5S/c1-21-16-23-17-24(8-10-27(23)44-21)34-32(36-29(41)22-7-9-25(33-18-22)30(42)39-14-15-45-20-39)35-26-6-2-3-13-38(31(26)43)19-28(40)37-11-4-5-12-37/h7-10,16-18,26H,2-6,11-15,19-20H2,1H3,(H2,34,35,36,41)/t26-/m0/s1. The Balaban J connectivity index is 1.23. The van der Waals surface area contributed by atoms with Gasteiger partial charge in [0.25, 0.3) is 11.8 Å². The number of thioether (sulfide) groups is 1. The first-order valence-electron chi connectivity index (χ1n) is 15.4. The monoisotopic (exact) mass is 631 g/mol. The molecule has 0 saturated carbocycles. The number of furan rings is 1. The van der Waals surface area contributed by atoms with Crippen molar-refractivity contribution in [2.45, 2.75) is 45.1 Å². The lowest BCUT2D eigenvalue weighted by Crippen LogP contribution is -2.45. The largest absolute Gasteiger partial charge is 0.461 e. The first-order chi connectivity index (χ1) is 21.8. The molecule has 45 heavy (non-hydrogen) atoms. The van der Waals surface area contributed by atoms with Gasteiger partial charge >= 0.3 is 0 Å². The number of benzene rings is 1. The van der Waals surface area contributed by atoms with Crippen LogP contribution in [0.25, 0.3) is 11.0 Å². The molecule has 6 rings (SSSR count). The number of anilines is 1. The molecule has 3 saturated heterocycles. The van der Waals surface area contributed by atoms with Crippen LogP contribution in [0.2, 0.25) is 0 Å². The lowest BCUT2D eigenvalue weighted by atomic mass is 10.1. The van der Waals surface area contributed by atoms with Crippen LogP contribution in [-0.2, 0) is 9.59 Å². The Kier molecular flexibility index (Phi) is 9.34. The fourth-order valence-electron chi connectivity index (χ4n) is 5.80. The second-order valence-corrected chi connectivity index (χ2v) is 12.6. The summed E-state index contributed by atoms with van der Waals surface area (Å²) in [7, 11) is 0. The van der Waals surface area contributed by atoms with Gasteiger partial charge in [0.15, 0.2) is 0 Å². The van der Waals surface area contributed by atoms with Crippen LogP contribution in [0.15, 0.2) is 52.0 Å². The maximum atomic E-state index is 13.7. The minimum atomic E-state index is -0.780. The molecule has 3 aromatic rings. The van der Waals surface area contributed by atoms with Gasteiger partial charge in [0, 0.05) is 49.2 Å². The summed E-state index contributed by atoms with van der Waals surface area (Å²) in [5, 5.41) is 6.88. The van der Waals surface area contributed by atoms with Gasteiger partial charge in [-0.3, -0.25) is 29.5 Å². The van der Waals surface area contributed by atoms with E-state index in [1.54, 1.807) is 33.7 Å². The molecule has 0 spiro atoms. The number of hydrogen-bond acceptors (Lipinski definition) is 8. The number of nitrogens with zero attached hydrogens (tertiary/aromatic N) is 5. The van der Waals surface area contributed by atoms with Gasteiger partial charge < -0.3 is 24.4 Å². The minimum Gasteiger partial charge on any atom is -0.461 e. The number of nitrogens with one attached hydrogen (secondary N) is 2. The van der Waals surface area contributed by atoms with Crippen LogP contribution in [0.4, 0.5) is 5.69 Å². The molecule has 13 heteroatoms. The van der Waals surface area contributed by atoms with Crippen LogP contribution in [-0.4, -0.2) is 99.7 Å². The molecule has 12 nitrogen and oxygen atoms in total. The van der Waals surface area contributed by atoms with E-state index in [1.807, 2.05) is 36.1 Å². The average molecular weight is 632 g/mol. The van der Waals surface area contributed by atoms with E-state index in [0.29, 0.717) is 31.1 Å². The molecule has 3 fully saturated rings. The SMILES string of the molecule is Cc1cc2cc(NC(=N[C@H]3CCCCN(CC(=O)N4CCCC4)C3=O)NC(=O)c3ccc(C(=O)N4CCSC4)nc3)ccc2o1.